The average Bonchev–Trinajstić information content (AvgIpc) is 2.49. The number of rotatable bonds is 2. The molecule has 3 rings (SSSR count). The zero-order valence-electron chi connectivity index (χ0n) is 11.7. The molecular formula is C16H13FN2O3. The van der Waals surface area contributed by atoms with E-state index in [9.17, 15) is 14.0 Å². The third-order valence-electron chi connectivity index (χ3n) is 3.29. The monoisotopic (exact) mass is 300 g/mol. The highest BCUT2D eigenvalue weighted by Gasteiger charge is 2.23. The number of carbonyl (C=O) groups is 2. The van der Waals surface area contributed by atoms with E-state index in [4.69, 9.17) is 4.74 Å². The number of benzene rings is 2. The van der Waals surface area contributed by atoms with Gasteiger partial charge in [-0.15, -0.1) is 0 Å². The van der Waals surface area contributed by atoms with Crippen molar-refractivity contribution in [2.24, 2.45) is 0 Å². The van der Waals surface area contributed by atoms with Crippen LogP contribution in [-0.2, 0) is 4.79 Å². The van der Waals surface area contributed by atoms with Gasteiger partial charge in [0, 0.05) is 5.69 Å². The second kappa shape index (κ2) is 5.48. The summed E-state index contributed by atoms with van der Waals surface area (Å²) in [4.78, 5) is 23.6. The van der Waals surface area contributed by atoms with Gasteiger partial charge in [-0.1, -0.05) is 12.1 Å². The zero-order chi connectivity index (χ0) is 15.7. The number of carbonyl (C=O) groups excluding carboxylic acids is 2. The van der Waals surface area contributed by atoms with Crippen LogP contribution in [0.5, 0.6) is 5.75 Å². The molecule has 0 aliphatic carbocycles. The molecule has 6 heteroatoms. The van der Waals surface area contributed by atoms with Gasteiger partial charge < -0.3 is 15.4 Å². The minimum absolute atomic E-state index is 0.0471. The van der Waals surface area contributed by atoms with Crippen LogP contribution in [0, 0.1) is 5.82 Å². The van der Waals surface area contributed by atoms with Gasteiger partial charge in [-0.25, -0.2) is 4.39 Å². The van der Waals surface area contributed by atoms with E-state index in [-0.39, 0.29) is 11.5 Å². The van der Waals surface area contributed by atoms with Crippen molar-refractivity contribution in [1.82, 2.24) is 0 Å². The first-order valence-corrected chi connectivity index (χ1v) is 6.72. The Balaban J connectivity index is 1.82. The van der Waals surface area contributed by atoms with E-state index < -0.39 is 17.8 Å². The number of nitrogens with one attached hydrogen (secondary N) is 2. The summed E-state index contributed by atoms with van der Waals surface area (Å²) in [5, 5.41) is 5.27. The van der Waals surface area contributed by atoms with Crippen molar-refractivity contribution in [3.63, 3.8) is 0 Å². The molecule has 1 aliphatic rings. The number of amides is 2. The lowest BCUT2D eigenvalue weighted by atomic mass is 10.1. The van der Waals surface area contributed by atoms with Crippen molar-refractivity contribution < 1.29 is 18.7 Å². The number of halogens is 1. The molecule has 0 bridgehead atoms. The van der Waals surface area contributed by atoms with E-state index in [0.29, 0.717) is 17.1 Å². The molecule has 2 aromatic carbocycles. The number of hydrogen-bond donors (Lipinski definition) is 2. The van der Waals surface area contributed by atoms with Crippen LogP contribution in [0.4, 0.5) is 15.8 Å². The lowest BCUT2D eigenvalue weighted by molar-refractivity contribution is -0.122. The van der Waals surface area contributed by atoms with Crippen LogP contribution in [0.25, 0.3) is 0 Å². The smallest absolute Gasteiger partial charge is 0.265 e. The van der Waals surface area contributed by atoms with Gasteiger partial charge in [-0.3, -0.25) is 9.59 Å². The minimum atomic E-state index is -0.594. The maximum absolute atomic E-state index is 13.6. The summed E-state index contributed by atoms with van der Waals surface area (Å²) in [6, 6.07) is 10.5. The molecule has 0 aromatic heterocycles. The van der Waals surface area contributed by atoms with E-state index in [2.05, 4.69) is 10.6 Å². The molecule has 0 radical (unpaired) electrons. The molecule has 1 atom stereocenters. The molecule has 2 amide bonds. The van der Waals surface area contributed by atoms with Gasteiger partial charge in [0.15, 0.2) is 6.10 Å². The SMILES string of the molecule is C[C@@H]1Oc2ccc(NC(=O)c3ccccc3F)cc2NC1=O. The van der Waals surface area contributed by atoms with Crippen LogP contribution in [0.15, 0.2) is 42.5 Å². The fourth-order valence-electron chi connectivity index (χ4n) is 2.13. The van der Waals surface area contributed by atoms with Gasteiger partial charge in [0.2, 0.25) is 0 Å². The standard InChI is InChI=1S/C16H13FN2O3/c1-9-15(20)19-13-8-10(6-7-14(13)22-9)18-16(21)11-4-2-3-5-12(11)17/h2-9H,1H3,(H,18,21)(H,19,20)/t9-/m0/s1. The molecule has 2 aromatic rings. The van der Waals surface area contributed by atoms with Crippen molar-refractivity contribution >= 4 is 23.2 Å². The van der Waals surface area contributed by atoms with Gasteiger partial charge in [-0.2, -0.15) is 0 Å². The second-order valence-corrected chi connectivity index (χ2v) is 4.89. The molecule has 0 fully saturated rings. The molecular weight excluding hydrogens is 287 g/mol. The molecule has 0 unspecified atom stereocenters. The lowest BCUT2D eigenvalue weighted by Crippen LogP contribution is -2.34. The van der Waals surface area contributed by atoms with Gasteiger partial charge in [0.05, 0.1) is 11.3 Å². The maximum Gasteiger partial charge on any atom is 0.265 e. The Labute approximate surface area is 126 Å². The van der Waals surface area contributed by atoms with Gasteiger partial charge in [-0.05, 0) is 37.3 Å². The molecule has 0 saturated heterocycles. The Hall–Kier alpha value is -2.89. The fraction of sp³-hybridized carbons (Fsp3) is 0.125. The van der Waals surface area contributed by atoms with Gasteiger partial charge in [0.1, 0.15) is 11.6 Å². The average molecular weight is 300 g/mol. The van der Waals surface area contributed by atoms with Gasteiger partial charge >= 0.3 is 0 Å². The predicted octanol–water partition coefficient (Wildman–Crippen LogP) is 2.80. The van der Waals surface area contributed by atoms with Crippen molar-refractivity contribution in [3.05, 3.63) is 53.8 Å². The van der Waals surface area contributed by atoms with Crippen molar-refractivity contribution in [2.45, 2.75) is 13.0 Å². The highest BCUT2D eigenvalue weighted by atomic mass is 19.1. The van der Waals surface area contributed by atoms with E-state index in [0.717, 1.165) is 0 Å². The van der Waals surface area contributed by atoms with Crippen molar-refractivity contribution in [2.75, 3.05) is 10.6 Å². The minimum Gasteiger partial charge on any atom is -0.479 e. The van der Waals surface area contributed by atoms with E-state index >= 15 is 0 Å². The Morgan fingerprint density at radius 2 is 2.05 bits per heavy atom. The van der Waals surface area contributed by atoms with Crippen LogP contribution in [0.3, 0.4) is 0 Å². The Bertz CT molecular complexity index is 761. The van der Waals surface area contributed by atoms with E-state index in [1.807, 2.05) is 0 Å². The Kier molecular flexibility index (Phi) is 3.50. The normalized spacial score (nSPS) is 16.3. The third-order valence-corrected chi connectivity index (χ3v) is 3.29. The summed E-state index contributed by atoms with van der Waals surface area (Å²) >= 11 is 0. The predicted molar refractivity (Wildman–Crippen MR) is 79.5 cm³/mol. The highest BCUT2D eigenvalue weighted by Crippen LogP contribution is 2.32. The van der Waals surface area contributed by atoms with Crippen LogP contribution >= 0.6 is 0 Å². The summed E-state index contributed by atoms with van der Waals surface area (Å²) in [5.41, 5.74) is 0.856. The molecule has 112 valence electrons. The number of ether oxygens (including phenoxy) is 1. The number of anilines is 2. The first-order valence-electron chi connectivity index (χ1n) is 6.72. The molecule has 5 nitrogen and oxygen atoms in total. The highest BCUT2D eigenvalue weighted by molar-refractivity contribution is 6.05. The van der Waals surface area contributed by atoms with Crippen molar-refractivity contribution in [3.8, 4) is 5.75 Å². The van der Waals surface area contributed by atoms with Crippen molar-refractivity contribution in [1.29, 1.82) is 0 Å². The molecule has 1 heterocycles. The van der Waals surface area contributed by atoms with Crippen LogP contribution in [0.1, 0.15) is 17.3 Å². The Morgan fingerprint density at radius 3 is 2.82 bits per heavy atom. The summed E-state index contributed by atoms with van der Waals surface area (Å²) in [5.74, 6) is -0.890. The molecule has 0 saturated carbocycles. The summed E-state index contributed by atoms with van der Waals surface area (Å²) < 4.78 is 19.0. The summed E-state index contributed by atoms with van der Waals surface area (Å²) in [6.07, 6.45) is -0.564. The van der Waals surface area contributed by atoms with Crippen LogP contribution in [0.2, 0.25) is 0 Å². The van der Waals surface area contributed by atoms with E-state index in [1.165, 1.54) is 18.2 Å². The first kappa shape index (κ1) is 14.1. The van der Waals surface area contributed by atoms with Crippen LogP contribution in [-0.4, -0.2) is 17.9 Å². The lowest BCUT2D eigenvalue weighted by Gasteiger charge is -2.23. The fourth-order valence-corrected chi connectivity index (χ4v) is 2.13. The Morgan fingerprint density at radius 1 is 1.27 bits per heavy atom. The molecule has 22 heavy (non-hydrogen) atoms. The second-order valence-electron chi connectivity index (χ2n) is 4.89. The molecule has 1 aliphatic heterocycles. The molecule has 2 N–H and O–H groups in total. The third kappa shape index (κ3) is 2.63. The topological polar surface area (TPSA) is 67.4 Å². The zero-order valence-corrected chi connectivity index (χ0v) is 11.7. The summed E-state index contributed by atoms with van der Waals surface area (Å²) in [6.45, 7) is 1.64. The van der Waals surface area contributed by atoms with E-state index in [1.54, 1.807) is 31.2 Å². The quantitative estimate of drug-likeness (QED) is 0.896. The summed E-state index contributed by atoms with van der Waals surface area (Å²) in [7, 11) is 0. The first-order chi connectivity index (χ1) is 10.5. The number of hydrogen-bond acceptors (Lipinski definition) is 3. The molecule has 0 spiro atoms. The number of fused-ring (bicyclic) bond motifs is 1. The van der Waals surface area contributed by atoms with Gasteiger partial charge in [0.25, 0.3) is 11.8 Å². The maximum atomic E-state index is 13.6. The van der Waals surface area contributed by atoms with Crippen LogP contribution < -0.4 is 15.4 Å². The largest absolute Gasteiger partial charge is 0.479 e.